The Morgan fingerprint density at radius 2 is 1.58 bits per heavy atom. The zero-order valence-electron chi connectivity index (χ0n) is 29.7. The summed E-state index contributed by atoms with van der Waals surface area (Å²) in [5.41, 5.74) is 4.94. The van der Waals surface area contributed by atoms with Crippen LogP contribution in [-0.2, 0) is 37.3 Å². The summed E-state index contributed by atoms with van der Waals surface area (Å²) in [6.07, 6.45) is 6.70. The van der Waals surface area contributed by atoms with Crippen LogP contribution >= 0.6 is 0 Å². The number of aliphatic hydroxyl groups excluding tert-OH is 1. The molecule has 0 spiro atoms. The van der Waals surface area contributed by atoms with Gasteiger partial charge in [-0.25, -0.2) is 8.42 Å². The van der Waals surface area contributed by atoms with Crippen LogP contribution in [0.3, 0.4) is 0 Å². The largest absolute Gasteiger partial charge is 0.392 e. The number of nitrogens with one attached hydrogen (secondary N) is 2. The van der Waals surface area contributed by atoms with E-state index in [1.807, 2.05) is 79.7 Å². The van der Waals surface area contributed by atoms with Gasteiger partial charge in [0, 0.05) is 36.8 Å². The Balaban J connectivity index is 1.19. The maximum absolute atomic E-state index is 13.7. The van der Waals surface area contributed by atoms with Crippen molar-refractivity contribution in [3.63, 3.8) is 0 Å². The Bertz CT molecular complexity index is 1860. The lowest BCUT2D eigenvalue weighted by atomic mass is 9.99. The van der Waals surface area contributed by atoms with E-state index in [0.717, 1.165) is 40.9 Å². The zero-order valence-corrected chi connectivity index (χ0v) is 30.5. The van der Waals surface area contributed by atoms with E-state index in [4.69, 9.17) is 9.47 Å². The Hall–Kier alpha value is -4.16. The summed E-state index contributed by atoms with van der Waals surface area (Å²) in [4.78, 5) is 16.3. The molecule has 1 heterocycles. The number of aliphatic hydroxyl groups is 1. The predicted molar refractivity (Wildman–Crippen MR) is 203 cm³/mol. The van der Waals surface area contributed by atoms with Gasteiger partial charge in [-0.2, -0.15) is 4.72 Å². The standard InChI is InChI=1S/C42H49N3O6S/c1-3-25-45(36-11-7-8-12-36)28-37-27-40(33-17-15-32(29-46)16-18-33)51-42(50-37)34-19-21-35(22-20-34)43-41(47)39(26-31-9-5-4-6-10-31)44-52(48,49)38-23-13-30(2)14-24-38/h3-6,9-10,13-24,36-37,39-40,42,44,46H,1,7-8,11-12,25-29H2,2H3,(H,43,47)/t37-,39+,40+,42+/m0/s1. The Morgan fingerprint density at radius 1 is 0.904 bits per heavy atom. The molecule has 4 aromatic rings. The van der Waals surface area contributed by atoms with Crippen LogP contribution < -0.4 is 10.0 Å². The fraction of sp³-hybridized carbons (Fsp3) is 0.357. The van der Waals surface area contributed by atoms with E-state index in [2.05, 4.69) is 21.5 Å². The number of anilines is 1. The van der Waals surface area contributed by atoms with Gasteiger partial charge in [-0.15, -0.1) is 6.58 Å². The number of carbonyl (C=O) groups excluding carboxylic acids is 1. The summed E-state index contributed by atoms with van der Waals surface area (Å²) >= 11 is 0. The second-order valence-electron chi connectivity index (χ2n) is 13.8. The van der Waals surface area contributed by atoms with Crippen molar-refractivity contribution >= 4 is 21.6 Å². The topological polar surface area (TPSA) is 117 Å². The second-order valence-corrected chi connectivity index (χ2v) is 15.5. The smallest absolute Gasteiger partial charge is 0.242 e. The van der Waals surface area contributed by atoms with Crippen molar-refractivity contribution < 1.29 is 27.8 Å². The molecule has 0 aromatic heterocycles. The first kappa shape index (κ1) is 37.6. The van der Waals surface area contributed by atoms with Gasteiger partial charge in [0.1, 0.15) is 6.04 Å². The summed E-state index contributed by atoms with van der Waals surface area (Å²) < 4.78 is 42.5. The molecule has 6 rings (SSSR count). The van der Waals surface area contributed by atoms with E-state index < -0.39 is 28.3 Å². The lowest BCUT2D eigenvalue weighted by Crippen LogP contribution is -2.45. The number of hydrogen-bond donors (Lipinski definition) is 3. The molecule has 2 aliphatic rings. The first-order valence-electron chi connectivity index (χ1n) is 18.1. The summed E-state index contributed by atoms with van der Waals surface area (Å²) in [5, 5.41) is 12.5. The molecule has 274 valence electrons. The van der Waals surface area contributed by atoms with Crippen molar-refractivity contribution in [1.29, 1.82) is 0 Å². The first-order valence-corrected chi connectivity index (χ1v) is 19.6. The normalized spacial score (nSPS) is 20.1. The van der Waals surface area contributed by atoms with E-state index in [9.17, 15) is 18.3 Å². The van der Waals surface area contributed by atoms with Crippen molar-refractivity contribution in [3.8, 4) is 0 Å². The number of ether oxygens (including phenoxy) is 2. The predicted octanol–water partition coefficient (Wildman–Crippen LogP) is 6.99. The Kier molecular flexibility index (Phi) is 12.7. The molecule has 9 nitrogen and oxygen atoms in total. The highest BCUT2D eigenvalue weighted by Crippen LogP contribution is 2.39. The highest BCUT2D eigenvalue weighted by Gasteiger charge is 2.35. The summed E-state index contributed by atoms with van der Waals surface area (Å²) in [6.45, 7) is 7.43. The minimum Gasteiger partial charge on any atom is -0.392 e. The molecule has 0 unspecified atom stereocenters. The van der Waals surface area contributed by atoms with Crippen LogP contribution in [0.5, 0.6) is 0 Å². The molecule has 52 heavy (non-hydrogen) atoms. The number of nitrogens with zero attached hydrogens (tertiary/aromatic N) is 1. The average Bonchev–Trinajstić information content (AvgIpc) is 3.71. The van der Waals surface area contributed by atoms with Crippen molar-refractivity contribution in [3.05, 3.63) is 144 Å². The third kappa shape index (κ3) is 9.83. The van der Waals surface area contributed by atoms with Gasteiger partial charge in [-0.05, 0) is 67.1 Å². The van der Waals surface area contributed by atoms with Gasteiger partial charge in [0.05, 0.1) is 23.7 Å². The van der Waals surface area contributed by atoms with E-state index in [-0.39, 0.29) is 30.1 Å². The van der Waals surface area contributed by atoms with Crippen molar-refractivity contribution in [2.45, 2.75) is 87.5 Å². The second kappa shape index (κ2) is 17.6. The SMILES string of the molecule is C=CCN(C[C@@H]1C[C@H](c2ccc(CO)cc2)O[C@H](c2ccc(NC(=O)[C@@H](Cc3ccccc3)NS(=O)(=O)c3ccc(C)cc3)cc2)O1)C1CCCC1. The molecule has 3 N–H and O–H groups in total. The zero-order chi connectivity index (χ0) is 36.5. The quantitative estimate of drug-likeness (QED) is 0.113. The number of amides is 1. The summed E-state index contributed by atoms with van der Waals surface area (Å²) in [6, 6.07) is 30.5. The average molecular weight is 724 g/mol. The van der Waals surface area contributed by atoms with Gasteiger partial charge in [0.25, 0.3) is 0 Å². The van der Waals surface area contributed by atoms with Gasteiger partial charge in [0.15, 0.2) is 6.29 Å². The molecule has 1 aliphatic carbocycles. The van der Waals surface area contributed by atoms with Crippen molar-refractivity contribution in [2.75, 3.05) is 18.4 Å². The number of hydrogen-bond acceptors (Lipinski definition) is 7. The molecule has 4 aromatic carbocycles. The molecule has 10 heteroatoms. The highest BCUT2D eigenvalue weighted by atomic mass is 32.2. The summed E-state index contributed by atoms with van der Waals surface area (Å²) in [5.74, 6) is -0.474. The number of rotatable bonds is 15. The molecule has 1 aliphatic heterocycles. The Labute approximate surface area is 307 Å². The molecule has 4 atom stereocenters. The first-order chi connectivity index (χ1) is 25.2. The molecule has 1 amide bonds. The third-order valence-corrected chi connectivity index (χ3v) is 11.4. The monoisotopic (exact) mass is 723 g/mol. The van der Waals surface area contributed by atoms with Gasteiger partial charge < -0.3 is 19.9 Å². The lowest BCUT2D eigenvalue weighted by Gasteiger charge is -2.39. The van der Waals surface area contributed by atoms with Crippen LogP contribution in [0.1, 0.15) is 72.3 Å². The number of benzene rings is 4. The van der Waals surface area contributed by atoms with Crippen molar-refractivity contribution in [1.82, 2.24) is 9.62 Å². The van der Waals surface area contributed by atoms with Crippen LogP contribution in [0.15, 0.2) is 121 Å². The molecule has 1 saturated heterocycles. The number of carbonyl (C=O) groups is 1. The third-order valence-electron chi connectivity index (χ3n) is 9.94. The molecular weight excluding hydrogens is 675 g/mol. The lowest BCUT2D eigenvalue weighted by molar-refractivity contribution is -0.253. The molecule has 1 saturated carbocycles. The van der Waals surface area contributed by atoms with Crippen LogP contribution in [0.25, 0.3) is 0 Å². The van der Waals surface area contributed by atoms with Crippen LogP contribution in [0.4, 0.5) is 5.69 Å². The minimum absolute atomic E-state index is 0.0213. The van der Waals surface area contributed by atoms with Gasteiger partial charge in [-0.3, -0.25) is 9.69 Å². The van der Waals surface area contributed by atoms with Crippen LogP contribution in [0.2, 0.25) is 0 Å². The van der Waals surface area contributed by atoms with E-state index in [1.165, 1.54) is 37.8 Å². The number of aryl methyl sites for hydroxylation is 1. The van der Waals surface area contributed by atoms with E-state index in [0.29, 0.717) is 18.2 Å². The van der Waals surface area contributed by atoms with E-state index in [1.54, 1.807) is 24.3 Å². The maximum atomic E-state index is 13.7. The maximum Gasteiger partial charge on any atom is 0.242 e. The fourth-order valence-electron chi connectivity index (χ4n) is 7.07. The minimum atomic E-state index is -3.98. The number of sulfonamides is 1. The van der Waals surface area contributed by atoms with Gasteiger partial charge >= 0.3 is 0 Å². The van der Waals surface area contributed by atoms with Crippen LogP contribution in [0, 0.1) is 6.92 Å². The molecule has 0 bridgehead atoms. The highest BCUT2D eigenvalue weighted by molar-refractivity contribution is 7.89. The Morgan fingerprint density at radius 3 is 2.23 bits per heavy atom. The van der Waals surface area contributed by atoms with Crippen LogP contribution in [-0.4, -0.2) is 55.6 Å². The van der Waals surface area contributed by atoms with E-state index >= 15 is 0 Å². The van der Waals surface area contributed by atoms with Gasteiger partial charge in [0.2, 0.25) is 15.9 Å². The molecular formula is C42H49N3O6S. The van der Waals surface area contributed by atoms with Crippen molar-refractivity contribution in [2.24, 2.45) is 0 Å². The molecule has 2 fully saturated rings. The summed E-state index contributed by atoms with van der Waals surface area (Å²) in [7, 11) is -3.98. The fourth-order valence-corrected chi connectivity index (χ4v) is 8.26. The molecule has 0 radical (unpaired) electrons. The van der Waals surface area contributed by atoms with Gasteiger partial charge in [-0.1, -0.05) is 103 Å².